The van der Waals surface area contributed by atoms with Crippen molar-refractivity contribution in [2.24, 2.45) is 0 Å². The van der Waals surface area contributed by atoms with E-state index in [0.717, 1.165) is 18.6 Å². The van der Waals surface area contributed by atoms with Crippen LogP contribution in [0.4, 0.5) is 0 Å². The van der Waals surface area contributed by atoms with Crippen LogP contribution in [-0.2, 0) is 14.3 Å². The highest BCUT2D eigenvalue weighted by Crippen LogP contribution is 2.24. The average molecular weight is 241 g/mol. The van der Waals surface area contributed by atoms with Gasteiger partial charge in [-0.2, -0.15) is 0 Å². The first-order chi connectivity index (χ1) is 8.03. The average Bonchev–Trinajstić information content (AvgIpc) is 2.65. The Balaban J connectivity index is 2.50. The van der Waals surface area contributed by atoms with Gasteiger partial charge in [0.15, 0.2) is 0 Å². The minimum atomic E-state index is -0.241. The van der Waals surface area contributed by atoms with Gasteiger partial charge in [-0.1, -0.05) is 13.0 Å². The van der Waals surface area contributed by atoms with Crippen LogP contribution in [0, 0.1) is 0 Å². The fourth-order valence-corrected chi connectivity index (χ4v) is 1.98. The summed E-state index contributed by atoms with van der Waals surface area (Å²) in [4.78, 5) is 11.4. The summed E-state index contributed by atoms with van der Waals surface area (Å²) in [5.74, 6) is -0.241. The summed E-state index contributed by atoms with van der Waals surface area (Å²) < 4.78 is 10.3. The van der Waals surface area contributed by atoms with E-state index in [4.69, 9.17) is 9.47 Å². The first-order valence-electron chi connectivity index (χ1n) is 6.17. The minimum Gasteiger partial charge on any atom is -0.466 e. The Morgan fingerprint density at radius 3 is 2.82 bits per heavy atom. The summed E-state index contributed by atoms with van der Waals surface area (Å²) in [7, 11) is 1.41. The molecule has 2 atom stereocenters. The fraction of sp³-hybridized carbons (Fsp3) is 0.769. The molecule has 1 aliphatic rings. The van der Waals surface area contributed by atoms with Crippen molar-refractivity contribution in [3.63, 3.8) is 0 Å². The van der Waals surface area contributed by atoms with E-state index in [1.54, 1.807) is 0 Å². The van der Waals surface area contributed by atoms with Crippen molar-refractivity contribution in [2.75, 3.05) is 20.3 Å². The van der Waals surface area contributed by atoms with E-state index in [2.05, 4.69) is 19.2 Å². The smallest absolute Gasteiger partial charge is 0.333 e. The Hall–Kier alpha value is -0.870. The number of ether oxygens (including phenoxy) is 2. The molecule has 17 heavy (non-hydrogen) atoms. The van der Waals surface area contributed by atoms with Gasteiger partial charge in [-0.05, 0) is 26.7 Å². The Kier molecular flexibility index (Phi) is 5.15. The third kappa shape index (κ3) is 3.54. The predicted molar refractivity (Wildman–Crippen MR) is 66.8 cm³/mol. The zero-order chi connectivity index (χ0) is 12.9. The van der Waals surface area contributed by atoms with Crippen molar-refractivity contribution in [3.8, 4) is 0 Å². The lowest BCUT2D eigenvalue weighted by Crippen LogP contribution is -2.47. The lowest BCUT2D eigenvalue weighted by Gasteiger charge is -2.28. The van der Waals surface area contributed by atoms with Crippen molar-refractivity contribution in [3.05, 3.63) is 11.6 Å². The highest BCUT2D eigenvalue weighted by molar-refractivity contribution is 5.88. The fourth-order valence-electron chi connectivity index (χ4n) is 1.98. The van der Waals surface area contributed by atoms with E-state index in [0.29, 0.717) is 13.0 Å². The molecule has 0 amide bonds. The summed E-state index contributed by atoms with van der Waals surface area (Å²) in [6.07, 6.45) is 3.81. The van der Waals surface area contributed by atoms with Gasteiger partial charge < -0.3 is 14.8 Å². The number of carbonyl (C=O) groups is 1. The SMILES string of the molecule is CCC(=CCNC1(C)CCOC1C)C(=O)OC. The van der Waals surface area contributed by atoms with Crippen molar-refractivity contribution >= 4 is 5.97 Å². The number of esters is 1. The maximum atomic E-state index is 11.4. The zero-order valence-electron chi connectivity index (χ0n) is 11.2. The lowest BCUT2D eigenvalue weighted by molar-refractivity contribution is -0.136. The van der Waals surface area contributed by atoms with Crippen LogP contribution >= 0.6 is 0 Å². The van der Waals surface area contributed by atoms with E-state index >= 15 is 0 Å². The van der Waals surface area contributed by atoms with E-state index in [1.807, 2.05) is 13.0 Å². The van der Waals surface area contributed by atoms with Crippen molar-refractivity contribution in [1.29, 1.82) is 0 Å². The Morgan fingerprint density at radius 1 is 1.65 bits per heavy atom. The molecule has 4 heteroatoms. The van der Waals surface area contributed by atoms with Gasteiger partial charge in [0, 0.05) is 24.3 Å². The minimum absolute atomic E-state index is 0.00543. The summed E-state index contributed by atoms with van der Waals surface area (Å²) in [5.41, 5.74) is 0.723. The van der Waals surface area contributed by atoms with Crippen molar-refractivity contribution < 1.29 is 14.3 Å². The number of nitrogens with one attached hydrogen (secondary N) is 1. The molecule has 1 saturated heterocycles. The zero-order valence-corrected chi connectivity index (χ0v) is 11.2. The van der Waals surface area contributed by atoms with Gasteiger partial charge in [-0.25, -0.2) is 4.79 Å². The molecule has 0 aliphatic carbocycles. The van der Waals surface area contributed by atoms with Gasteiger partial charge >= 0.3 is 5.97 Å². The lowest BCUT2D eigenvalue weighted by atomic mass is 9.94. The molecule has 0 aromatic carbocycles. The second kappa shape index (κ2) is 6.17. The van der Waals surface area contributed by atoms with Gasteiger partial charge in [-0.3, -0.25) is 0 Å². The maximum absolute atomic E-state index is 11.4. The molecule has 0 aromatic heterocycles. The standard InChI is InChI=1S/C13H23NO3/c1-5-11(12(15)16-4)6-8-14-13(3)7-9-17-10(13)2/h6,10,14H,5,7-9H2,1-4H3. The van der Waals surface area contributed by atoms with Gasteiger partial charge in [-0.15, -0.1) is 0 Å². The number of rotatable bonds is 5. The maximum Gasteiger partial charge on any atom is 0.333 e. The van der Waals surface area contributed by atoms with E-state index in [9.17, 15) is 4.79 Å². The molecule has 1 rings (SSSR count). The molecule has 0 saturated carbocycles. The first kappa shape index (κ1) is 14.2. The molecule has 1 fully saturated rings. The molecular formula is C13H23NO3. The number of carbonyl (C=O) groups excluding carboxylic acids is 1. The summed E-state index contributed by atoms with van der Waals surface area (Å²) in [6, 6.07) is 0. The van der Waals surface area contributed by atoms with E-state index < -0.39 is 0 Å². The number of methoxy groups -OCH3 is 1. The molecule has 0 radical (unpaired) electrons. The molecule has 4 nitrogen and oxygen atoms in total. The molecule has 0 aromatic rings. The number of hydrogen-bond acceptors (Lipinski definition) is 4. The Labute approximate surface area is 103 Å². The van der Waals surface area contributed by atoms with E-state index in [1.165, 1.54) is 7.11 Å². The second-order valence-corrected chi connectivity index (χ2v) is 4.64. The topological polar surface area (TPSA) is 47.6 Å². The quantitative estimate of drug-likeness (QED) is 0.587. The van der Waals surface area contributed by atoms with Gasteiger partial charge in [0.2, 0.25) is 0 Å². The molecule has 0 spiro atoms. The summed E-state index contributed by atoms with van der Waals surface area (Å²) in [5, 5.41) is 3.44. The van der Waals surface area contributed by atoms with Crippen LogP contribution < -0.4 is 5.32 Å². The monoisotopic (exact) mass is 241 g/mol. The van der Waals surface area contributed by atoms with Crippen LogP contribution in [0.1, 0.15) is 33.6 Å². The third-order valence-corrected chi connectivity index (χ3v) is 3.57. The van der Waals surface area contributed by atoms with Crippen LogP contribution in [-0.4, -0.2) is 37.9 Å². The molecule has 2 unspecified atom stereocenters. The van der Waals surface area contributed by atoms with Crippen molar-refractivity contribution in [1.82, 2.24) is 5.32 Å². The summed E-state index contributed by atoms with van der Waals surface area (Å²) >= 11 is 0. The highest BCUT2D eigenvalue weighted by atomic mass is 16.5. The van der Waals surface area contributed by atoms with Crippen LogP contribution in [0.25, 0.3) is 0 Å². The van der Waals surface area contributed by atoms with Crippen LogP contribution in [0.5, 0.6) is 0 Å². The molecule has 1 aliphatic heterocycles. The molecule has 1 N–H and O–H groups in total. The normalized spacial score (nSPS) is 29.4. The number of hydrogen-bond donors (Lipinski definition) is 1. The largest absolute Gasteiger partial charge is 0.466 e. The van der Waals surface area contributed by atoms with Gasteiger partial charge in [0.05, 0.1) is 13.2 Å². The van der Waals surface area contributed by atoms with E-state index in [-0.39, 0.29) is 17.6 Å². The van der Waals surface area contributed by atoms with Crippen LogP contribution in [0.15, 0.2) is 11.6 Å². The van der Waals surface area contributed by atoms with Crippen LogP contribution in [0.3, 0.4) is 0 Å². The molecule has 0 bridgehead atoms. The summed E-state index contributed by atoms with van der Waals surface area (Å²) in [6.45, 7) is 7.65. The van der Waals surface area contributed by atoms with Gasteiger partial charge in [0.1, 0.15) is 0 Å². The molecule has 1 heterocycles. The third-order valence-electron chi connectivity index (χ3n) is 3.57. The van der Waals surface area contributed by atoms with Gasteiger partial charge in [0.25, 0.3) is 0 Å². The van der Waals surface area contributed by atoms with Crippen molar-refractivity contribution in [2.45, 2.75) is 45.3 Å². The predicted octanol–water partition coefficient (Wildman–Crippen LogP) is 1.65. The highest BCUT2D eigenvalue weighted by Gasteiger charge is 2.35. The molecular weight excluding hydrogens is 218 g/mol. The second-order valence-electron chi connectivity index (χ2n) is 4.64. The first-order valence-corrected chi connectivity index (χ1v) is 6.17. The molecule has 98 valence electrons. The van der Waals surface area contributed by atoms with Crippen LogP contribution in [0.2, 0.25) is 0 Å². The Morgan fingerprint density at radius 2 is 2.35 bits per heavy atom. The Bertz CT molecular complexity index is 301.